The Hall–Kier alpha value is -0.750. The quantitative estimate of drug-likeness (QED) is 0.348. The van der Waals surface area contributed by atoms with E-state index in [9.17, 15) is 13.2 Å². The Morgan fingerprint density at radius 2 is 2.00 bits per heavy atom. The molecule has 0 amide bonds. The van der Waals surface area contributed by atoms with Crippen LogP contribution in [0.4, 0.5) is 18.2 Å². The minimum absolute atomic E-state index is 0. The fourth-order valence-corrected chi connectivity index (χ4v) is 4.59. The number of nitrogens with one attached hydrogen (secondary N) is 2. The Morgan fingerprint density at radius 3 is 2.61 bits per heavy atom. The van der Waals surface area contributed by atoms with Crippen molar-refractivity contribution in [2.45, 2.75) is 31.5 Å². The summed E-state index contributed by atoms with van der Waals surface area (Å²) in [7, 11) is 1.74. The summed E-state index contributed by atoms with van der Waals surface area (Å²) in [6.45, 7) is 2.89. The summed E-state index contributed by atoms with van der Waals surface area (Å²) < 4.78 is 37.5. The van der Waals surface area contributed by atoms with Gasteiger partial charge in [-0.3, -0.25) is 9.89 Å². The van der Waals surface area contributed by atoms with Crippen LogP contribution in [0, 0.1) is 5.92 Å². The van der Waals surface area contributed by atoms with E-state index in [1.807, 2.05) is 0 Å². The highest BCUT2D eigenvalue weighted by Gasteiger charge is 2.34. The van der Waals surface area contributed by atoms with E-state index in [-0.39, 0.29) is 29.9 Å². The second-order valence-electron chi connectivity index (χ2n) is 7.32. The molecule has 1 aromatic heterocycles. The van der Waals surface area contributed by atoms with Crippen LogP contribution in [-0.2, 0) is 0 Å². The highest BCUT2D eigenvalue weighted by molar-refractivity contribution is 14.0. The van der Waals surface area contributed by atoms with E-state index in [0.717, 1.165) is 38.3 Å². The van der Waals surface area contributed by atoms with E-state index in [0.29, 0.717) is 25.7 Å². The molecule has 0 aliphatic carbocycles. The zero-order valence-corrected chi connectivity index (χ0v) is 19.2. The first kappa shape index (κ1) is 23.5. The smallest absolute Gasteiger partial charge is 0.363 e. The number of aliphatic imine (C=N–C) groups is 1. The summed E-state index contributed by atoms with van der Waals surface area (Å²) in [6, 6.07) is 4.61. The SMILES string of the molecule is CN=C(NCC1CCN(CC(F)(F)F)C1)NC1CCN(c2cccs2)CC1.I. The number of alkyl halides is 3. The van der Waals surface area contributed by atoms with Gasteiger partial charge in [0, 0.05) is 39.3 Å². The van der Waals surface area contributed by atoms with Gasteiger partial charge in [-0.15, -0.1) is 35.3 Å². The Labute approximate surface area is 185 Å². The molecule has 10 heteroatoms. The van der Waals surface area contributed by atoms with Gasteiger partial charge in [0.2, 0.25) is 0 Å². The van der Waals surface area contributed by atoms with Gasteiger partial charge in [0.1, 0.15) is 0 Å². The number of thiophene rings is 1. The van der Waals surface area contributed by atoms with Crippen molar-refractivity contribution in [3.63, 3.8) is 0 Å². The number of guanidine groups is 1. The summed E-state index contributed by atoms with van der Waals surface area (Å²) in [6.07, 6.45) is -1.24. The molecule has 1 unspecified atom stereocenters. The van der Waals surface area contributed by atoms with Crippen molar-refractivity contribution in [3.8, 4) is 0 Å². The minimum Gasteiger partial charge on any atom is -0.363 e. The molecule has 0 saturated carbocycles. The molecule has 2 fully saturated rings. The van der Waals surface area contributed by atoms with Gasteiger partial charge < -0.3 is 15.5 Å². The molecule has 3 heterocycles. The zero-order valence-electron chi connectivity index (χ0n) is 16.0. The van der Waals surface area contributed by atoms with Gasteiger partial charge in [-0.1, -0.05) is 0 Å². The molecule has 28 heavy (non-hydrogen) atoms. The number of halogens is 4. The van der Waals surface area contributed by atoms with Gasteiger partial charge in [-0.2, -0.15) is 13.2 Å². The lowest BCUT2D eigenvalue weighted by molar-refractivity contribution is -0.143. The monoisotopic (exact) mass is 531 g/mol. The van der Waals surface area contributed by atoms with Crippen LogP contribution in [0.15, 0.2) is 22.5 Å². The number of hydrogen-bond donors (Lipinski definition) is 2. The largest absolute Gasteiger partial charge is 0.401 e. The van der Waals surface area contributed by atoms with E-state index in [2.05, 4.69) is 38.0 Å². The first-order valence-electron chi connectivity index (χ1n) is 9.47. The van der Waals surface area contributed by atoms with Crippen molar-refractivity contribution in [3.05, 3.63) is 17.5 Å². The average molecular weight is 531 g/mol. The molecule has 160 valence electrons. The van der Waals surface area contributed by atoms with E-state index in [1.165, 1.54) is 9.90 Å². The maximum absolute atomic E-state index is 12.5. The van der Waals surface area contributed by atoms with Crippen molar-refractivity contribution < 1.29 is 13.2 Å². The molecular formula is C18H29F3IN5S. The van der Waals surface area contributed by atoms with Crippen LogP contribution < -0.4 is 15.5 Å². The average Bonchev–Trinajstić information content (AvgIpc) is 3.30. The van der Waals surface area contributed by atoms with Gasteiger partial charge in [-0.25, -0.2) is 0 Å². The first-order chi connectivity index (χ1) is 12.9. The molecule has 1 aromatic rings. The van der Waals surface area contributed by atoms with Crippen LogP contribution in [-0.4, -0.2) is 69.4 Å². The number of anilines is 1. The summed E-state index contributed by atoms with van der Waals surface area (Å²) in [4.78, 5) is 8.18. The summed E-state index contributed by atoms with van der Waals surface area (Å²) >= 11 is 1.77. The molecule has 2 saturated heterocycles. The number of nitrogens with zero attached hydrogens (tertiary/aromatic N) is 3. The fraction of sp³-hybridized carbons (Fsp3) is 0.722. The summed E-state index contributed by atoms with van der Waals surface area (Å²) in [5.74, 6) is 0.977. The van der Waals surface area contributed by atoms with Crippen LogP contribution in [0.25, 0.3) is 0 Å². The van der Waals surface area contributed by atoms with Crippen molar-refractivity contribution >= 4 is 46.3 Å². The van der Waals surface area contributed by atoms with Crippen molar-refractivity contribution in [2.24, 2.45) is 10.9 Å². The lowest BCUT2D eigenvalue weighted by atomic mass is 10.1. The van der Waals surface area contributed by atoms with Gasteiger partial charge in [0.15, 0.2) is 5.96 Å². The van der Waals surface area contributed by atoms with Crippen LogP contribution >= 0.6 is 35.3 Å². The van der Waals surface area contributed by atoms with Gasteiger partial charge in [0.05, 0.1) is 11.5 Å². The van der Waals surface area contributed by atoms with Crippen molar-refractivity contribution in [1.82, 2.24) is 15.5 Å². The number of likely N-dealkylation sites (tertiary alicyclic amines) is 1. The molecular weight excluding hydrogens is 502 g/mol. The molecule has 2 aliphatic rings. The van der Waals surface area contributed by atoms with Crippen LogP contribution in [0.2, 0.25) is 0 Å². The van der Waals surface area contributed by atoms with E-state index < -0.39 is 12.7 Å². The third-order valence-corrected chi connectivity index (χ3v) is 6.14. The molecule has 0 aromatic carbocycles. The molecule has 0 spiro atoms. The molecule has 0 bridgehead atoms. The van der Waals surface area contributed by atoms with E-state index in [4.69, 9.17) is 0 Å². The molecule has 2 N–H and O–H groups in total. The highest BCUT2D eigenvalue weighted by atomic mass is 127. The maximum atomic E-state index is 12.5. The number of piperidine rings is 1. The molecule has 3 rings (SSSR count). The van der Waals surface area contributed by atoms with Crippen LogP contribution in [0.5, 0.6) is 0 Å². The predicted octanol–water partition coefficient (Wildman–Crippen LogP) is 3.38. The van der Waals surface area contributed by atoms with E-state index in [1.54, 1.807) is 18.4 Å². The van der Waals surface area contributed by atoms with Crippen molar-refractivity contribution in [2.75, 3.05) is 51.2 Å². The third-order valence-electron chi connectivity index (χ3n) is 5.21. The molecule has 0 radical (unpaired) electrons. The Bertz CT molecular complexity index is 603. The first-order valence-corrected chi connectivity index (χ1v) is 10.4. The minimum atomic E-state index is -4.11. The number of rotatable bonds is 5. The van der Waals surface area contributed by atoms with Gasteiger partial charge >= 0.3 is 6.18 Å². The number of hydrogen-bond acceptors (Lipinski definition) is 4. The fourth-order valence-electron chi connectivity index (χ4n) is 3.80. The molecule has 1 atom stereocenters. The normalized spacial score (nSPS) is 22.2. The van der Waals surface area contributed by atoms with Gasteiger partial charge in [0.25, 0.3) is 0 Å². The predicted molar refractivity (Wildman–Crippen MR) is 120 cm³/mol. The molecule has 2 aliphatic heterocycles. The highest BCUT2D eigenvalue weighted by Crippen LogP contribution is 2.25. The summed E-state index contributed by atoms with van der Waals surface area (Å²) in [5, 5.41) is 10.2. The van der Waals surface area contributed by atoms with Crippen LogP contribution in [0.3, 0.4) is 0 Å². The third kappa shape index (κ3) is 7.25. The summed E-state index contributed by atoms with van der Waals surface area (Å²) in [5.41, 5.74) is 0. The van der Waals surface area contributed by atoms with E-state index >= 15 is 0 Å². The lowest BCUT2D eigenvalue weighted by Gasteiger charge is -2.33. The van der Waals surface area contributed by atoms with Crippen LogP contribution in [0.1, 0.15) is 19.3 Å². The topological polar surface area (TPSA) is 42.9 Å². The Kier molecular flexibility index (Phi) is 9.13. The second kappa shape index (κ2) is 10.9. The van der Waals surface area contributed by atoms with Crippen molar-refractivity contribution in [1.29, 1.82) is 0 Å². The Balaban J connectivity index is 0.00000280. The Morgan fingerprint density at radius 1 is 1.25 bits per heavy atom. The molecule has 5 nitrogen and oxygen atoms in total. The second-order valence-corrected chi connectivity index (χ2v) is 8.24. The van der Waals surface area contributed by atoms with Gasteiger partial charge in [-0.05, 0) is 49.2 Å². The lowest BCUT2D eigenvalue weighted by Crippen LogP contribution is -2.49. The maximum Gasteiger partial charge on any atom is 0.401 e. The standard InChI is InChI=1S/C18H28F3N5S.HI/c1-22-17(23-11-14-4-7-25(12-14)13-18(19,20)21)24-15-5-8-26(9-6-15)16-3-2-10-27-16;/h2-3,10,14-15H,4-9,11-13H2,1H3,(H2,22,23,24);1H. The zero-order chi connectivity index (χ0) is 19.3.